The Bertz CT molecular complexity index is 194. The Morgan fingerprint density at radius 3 is 2.12 bits per heavy atom. The van der Waals surface area contributed by atoms with Crippen molar-refractivity contribution >= 4 is 6.03 Å². The van der Waals surface area contributed by atoms with Gasteiger partial charge in [0.25, 0.3) is 0 Å². The molecule has 0 radical (unpaired) electrons. The molecule has 0 atom stereocenters. The minimum absolute atomic E-state index is 0.159. The number of carbonyl (C=O) groups is 1. The van der Waals surface area contributed by atoms with E-state index in [9.17, 15) is 4.79 Å². The van der Waals surface area contributed by atoms with E-state index in [-0.39, 0.29) is 6.03 Å². The zero-order valence-corrected chi connectivity index (χ0v) is 10.8. The van der Waals surface area contributed by atoms with Crippen molar-refractivity contribution in [3.05, 3.63) is 0 Å². The smallest absolute Gasteiger partial charge is 0.317 e. The first kappa shape index (κ1) is 13.3. The molecule has 0 aromatic carbocycles. The van der Waals surface area contributed by atoms with Gasteiger partial charge in [-0.1, -0.05) is 26.7 Å². The molecule has 3 heteroatoms. The van der Waals surface area contributed by atoms with Gasteiger partial charge in [0.2, 0.25) is 0 Å². The number of hydrogen-bond acceptors (Lipinski definition) is 1. The van der Waals surface area contributed by atoms with Crippen molar-refractivity contribution in [3.8, 4) is 0 Å². The summed E-state index contributed by atoms with van der Waals surface area (Å²) in [5, 5.41) is 3.12. The van der Waals surface area contributed by atoms with Crippen LogP contribution in [0, 0.1) is 0 Å². The molecule has 1 aliphatic carbocycles. The SMILES string of the molecule is CCCCN(CCCC)C(=O)NC1CCC1. The van der Waals surface area contributed by atoms with Gasteiger partial charge in [0.05, 0.1) is 0 Å². The van der Waals surface area contributed by atoms with Crippen molar-refractivity contribution in [3.63, 3.8) is 0 Å². The molecule has 0 unspecified atom stereocenters. The Balaban J connectivity index is 2.29. The summed E-state index contributed by atoms with van der Waals surface area (Å²) in [5.41, 5.74) is 0. The van der Waals surface area contributed by atoms with Gasteiger partial charge in [-0.3, -0.25) is 0 Å². The number of rotatable bonds is 7. The molecule has 1 fully saturated rings. The lowest BCUT2D eigenvalue weighted by molar-refractivity contribution is 0.184. The number of carbonyl (C=O) groups excluding carboxylic acids is 1. The van der Waals surface area contributed by atoms with Crippen LogP contribution < -0.4 is 5.32 Å². The Hall–Kier alpha value is -0.730. The quantitative estimate of drug-likeness (QED) is 0.710. The third-order valence-corrected chi connectivity index (χ3v) is 3.28. The molecule has 0 aromatic rings. The predicted octanol–water partition coefficient (Wildman–Crippen LogP) is 3.15. The standard InChI is InChI=1S/C13H26N2O/c1-3-5-10-15(11-6-4-2)13(16)14-12-8-7-9-12/h12H,3-11H2,1-2H3,(H,14,16). The van der Waals surface area contributed by atoms with Gasteiger partial charge in [0, 0.05) is 19.1 Å². The maximum Gasteiger partial charge on any atom is 0.317 e. The van der Waals surface area contributed by atoms with Crippen LogP contribution in [0.5, 0.6) is 0 Å². The zero-order chi connectivity index (χ0) is 11.8. The summed E-state index contributed by atoms with van der Waals surface area (Å²) in [7, 11) is 0. The average molecular weight is 226 g/mol. The number of amides is 2. The Kier molecular flexibility index (Phi) is 6.27. The largest absolute Gasteiger partial charge is 0.335 e. The van der Waals surface area contributed by atoms with Gasteiger partial charge in [-0.25, -0.2) is 4.79 Å². The molecule has 1 N–H and O–H groups in total. The molecule has 1 rings (SSSR count). The fraction of sp³-hybridized carbons (Fsp3) is 0.923. The summed E-state index contributed by atoms with van der Waals surface area (Å²) < 4.78 is 0. The molecule has 94 valence electrons. The minimum Gasteiger partial charge on any atom is -0.335 e. The normalized spacial score (nSPS) is 15.6. The maximum absolute atomic E-state index is 12.0. The summed E-state index contributed by atoms with van der Waals surface area (Å²) in [6.45, 7) is 6.16. The van der Waals surface area contributed by atoms with Crippen LogP contribution >= 0.6 is 0 Å². The first-order chi connectivity index (χ1) is 7.77. The Labute approximate surface area is 99.6 Å². The van der Waals surface area contributed by atoms with Crippen molar-refractivity contribution in [1.29, 1.82) is 0 Å². The second kappa shape index (κ2) is 7.53. The van der Waals surface area contributed by atoms with E-state index >= 15 is 0 Å². The van der Waals surface area contributed by atoms with E-state index in [4.69, 9.17) is 0 Å². The summed E-state index contributed by atoms with van der Waals surface area (Å²) in [6.07, 6.45) is 8.14. The van der Waals surface area contributed by atoms with Gasteiger partial charge in [-0.15, -0.1) is 0 Å². The van der Waals surface area contributed by atoms with Gasteiger partial charge in [0.15, 0.2) is 0 Å². The third kappa shape index (κ3) is 4.42. The maximum atomic E-state index is 12.0. The molecule has 0 bridgehead atoms. The molecule has 0 aromatic heterocycles. The first-order valence-corrected chi connectivity index (χ1v) is 6.83. The molecule has 1 saturated carbocycles. The highest BCUT2D eigenvalue weighted by molar-refractivity contribution is 5.74. The number of urea groups is 1. The molecule has 0 spiro atoms. The summed E-state index contributed by atoms with van der Waals surface area (Å²) in [6, 6.07) is 0.616. The van der Waals surface area contributed by atoms with E-state index < -0.39 is 0 Å². The van der Waals surface area contributed by atoms with E-state index in [1.54, 1.807) is 0 Å². The second-order valence-electron chi connectivity index (χ2n) is 4.77. The molecular formula is C13H26N2O. The van der Waals surface area contributed by atoms with Gasteiger partial charge >= 0.3 is 6.03 Å². The van der Waals surface area contributed by atoms with E-state index in [1.807, 2.05) is 4.90 Å². The topological polar surface area (TPSA) is 32.3 Å². The fourth-order valence-corrected chi connectivity index (χ4v) is 1.83. The number of hydrogen-bond donors (Lipinski definition) is 1. The fourth-order valence-electron chi connectivity index (χ4n) is 1.83. The van der Waals surface area contributed by atoms with Gasteiger partial charge in [-0.05, 0) is 32.1 Å². The molecule has 0 aliphatic heterocycles. The van der Waals surface area contributed by atoms with Crippen LogP contribution in [0.15, 0.2) is 0 Å². The second-order valence-corrected chi connectivity index (χ2v) is 4.77. The monoisotopic (exact) mass is 226 g/mol. The van der Waals surface area contributed by atoms with Crippen LogP contribution in [-0.4, -0.2) is 30.1 Å². The lowest BCUT2D eigenvalue weighted by atomic mass is 9.93. The van der Waals surface area contributed by atoms with Crippen LogP contribution in [0.3, 0.4) is 0 Å². The van der Waals surface area contributed by atoms with Crippen LogP contribution in [0.4, 0.5) is 4.79 Å². The molecule has 0 heterocycles. The third-order valence-electron chi connectivity index (χ3n) is 3.28. The zero-order valence-electron chi connectivity index (χ0n) is 10.8. The van der Waals surface area contributed by atoms with Crippen LogP contribution in [-0.2, 0) is 0 Å². The summed E-state index contributed by atoms with van der Waals surface area (Å²) in [4.78, 5) is 14.0. The molecule has 2 amide bonds. The van der Waals surface area contributed by atoms with Gasteiger partial charge in [0.1, 0.15) is 0 Å². The van der Waals surface area contributed by atoms with Gasteiger partial charge in [-0.2, -0.15) is 0 Å². The number of nitrogens with zero attached hydrogens (tertiary/aromatic N) is 1. The van der Waals surface area contributed by atoms with Crippen molar-refractivity contribution in [2.24, 2.45) is 0 Å². The van der Waals surface area contributed by atoms with Crippen LogP contribution in [0.2, 0.25) is 0 Å². The summed E-state index contributed by atoms with van der Waals surface area (Å²) >= 11 is 0. The van der Waals surface area contributed by atoms with Crippen molar-refractivity contribution in [2.75, 3.05) is 13.1 Å². The predicted molar refractivity (Wildman–Crippen MR) is 67.6 cm³/mol. The van der Waals surface area contributed by atoms with Crippen molar-refractivity contribution in [1.82, 2.24) is 10.2 Å². The number of nitrogens with one attached hydrogen (secondary N) is 1. The lowest BCUT2D eigenvalue weighted by Gasteiger charge is -2.30. The van der Waals surface area contributed by atoms with E-state index in [0.717, 1.165) is 38.8 Å². The van der Waals surface area contributed by atoms with E-state index in [2.05, 4.69) is 19.2 Å². The van der Waals surface area contributed by atoms with Crippen molar-refractivity contribution in [2.45, 2.75) is 64.8 Å². The van der Waals surface area contributed by atoms with E-state index in [0.29, 0.717) is 6.04 Å². The molecule has 0 saturated heterocycles. The minimum atomic E-state index is 0.159. The highest BCUT2D eigenvalue weighted by Gasteiger charge is 2.21. The highest BCUT2D eigenvalue weighted by Crippen LogP contribution is 2.18. The Morgan fingerprint density at radius 2 is 1.75 bits per heavy atom. The molecule has 1 aliphatic rings. The Morgan fingerprint density at radius 1 is 1.19 bits per heavy atom. The lowest BCUT2D eigenvalue weighted by Crippen LogP contribution is -2.47. The van der Waals surface area contributed by atoms with E-state index in [1.165, 1.54) is 19.3 Å². The van der Waals surface area contributed by atoms with Crippen LogP contribution in [0.1, 0.15) is 58.8 Å². The molecular weight excluding hydrogens is 200 g/mol. The average Bonchev–Trinajstić information content (AvgIpc) is 2.23. The van der Waals surface area contributed by atoms with Crippen molar-refractivity contribution < 1.29 is 4.79 Å². The molecule has 3 nitrogen and oxygen atoms in total. The number of unbranched alkanes of at least 4 members (excludes halogenated alkanes) is 2. The van der Waals surface area contributed by atoms with Crippen LogP contribution in [0.25, 0.3) is 0 Å². The summed E-state index contributed by atoms with van der Waals surface area (Å²) in [5.74, 6) is 0. The first-order valence-electron chi connectivity index (χ1n) is 6.83. The molecule has 16 heavy (non-hydrogen) atoms. The van der Waals surface area contributed by atoms with Gasteiger partial charge < -0.3 is 10.2 Å². The highest BCUT2D eigenvalue weighted by atomic mass is 16.2.